The van der Waals surface area contributed by atoms with E-state index in [9.17, 15) is 9.50 Å². The van der Waals surface area contributed by atoms with Gasteiger partial charge in [0.2, 0.25) is 0 Å². The number of rotatable bonds is 6. The van der Waals surface area contributed by atoms with Gasteiger partial charge in [0.05, 0.1) is 10.1 Å². The van der Waals surface area contributed by atoms with E-state index < -0.39 is 5.60 Å². The third-order valence-corrected chi connectivity index (χ3v) is 3.50. The van der Waals surface area contributed by atoms with Crippen molar-refractivity contribution in [2.45, 2.75) is 51.6 Å². The highest BCUT2D eigenvalue weighted by Crippen LogP contribution is 2.23. The summed E-state index contributed by atoms with van der Waals surface area (Å²) < 4.78 is 13.5. The fourth-order valence-electron chi connectivity index (χ4n) is 1.93. The number of halogens is 2. The largest absolute Gasteiger partial charge is 0.390 e. The van der Waals surface area contributed by atoms with Crippen molar-refractivity contribution in [3.8, 4) is 0 Å². The summed E-state index contributed by atoms with van der Waals surface area (Å²) >= 11 is 3.16. The highest BCUT2D eigenvalue weighted by molar-refractivity contribution is 9.10. The molecule has 1 aromatic carbocycles. The third-order valence-electron chi connectivity index (χ3n) is 2.89. The van der Waals surface area contributed by atoms with E-state index in [1.807, 2.05) is 6.92 Å². The van der Waals surface area contributed by atoms with Crippen molar-refractivity contribution >= 4 is 15.9 Å². The quantitative estimate of drug-likeness (QED) is 0.769. The number of hydrogen-bond donors (Lipinski definition) is 1. The first kappa shape index (κ1) is 14.7. The van der Waals surface area contributed by atoms with E-state index in [0.29, 0.717) is 10.9 Å². The van der Waals surface area contributed by atoms with Crippen LogP contribution in [0.4, 0.5) is 4.39 Å². The topological polar surface area (TPSA) is 20.2 Å². The first-order chi connectivity index (χ1) is 7.94. The Hall–Kier alpha value is -0.410. The van der Waals surface area contributed by atoms with Crippen LogP contribution >= 0.6 is 15.9 Å². The molecule has 0 aliphatic rings. The molecule has 0 aliphatic carbocycles. The third kappa shape index (κ3) is 5.17. The van der Waals surface area contributed by atoms with Crippen LogP contribution in [0, 0.1) is 5.82 Å². The number of hydrogen-bond acceptors (Lipinski definition) is 1. The molecule has 0 aliphatic heterocycles. The van der Waals surface area contributed by atoms with Crippen LogP contribution in [-0.2, 0) is 6.42 Å². The minimum absolute atomic E-state index is 0.264. The molecule has 1 N–H and O–H groups in total. The molecular weight excluding hydrogens is 283 g/mol. The zero-order valence-corrected chi connectivity index (χ0v) is 12.1. The number of unbranched alkanes of at least 4 members (excludes halogenated alkanes) is 2. The zero-order valence-electron chi connectivity index (χ0n) is 10.5. The smallest absolute Gasteiger partial charge is 0.137 e. The van der Waals surface area contributed by atoms with Crippen LogP contribution < -0.4 is 0 Å². The van der Waals surface area contributed by atoms with Crippen LogP contribution in [0.2, 0.25) is 0 Å². The predicted molar refractivity (Wildman–Crippen MR) is 72.6 cm³/mol. The van der Waals surface area contributed by atoms with Gasteiger partial charge in [0.1, 0.15) is 5.82 Å². The lowest BCUT2D eigenvalue weighted by molar-refractivity contribution is 0.0486. The number of benzene rings is 1. The van der Waals surface area contributed by atoms with Crippen LogP contribution in [0.1, 0.15) is 45.1 Å². The number of aliphatic hydroxyl groups is 1. The summed E-state index contributed by atoms with van der Waals surface area (Å²) in [7, 11) is 0. The van der Waals surface area contributed by atoms with Crippen molar-refractivity contribution in [1.29, 1.82) is 0 Å². The molecule has 1 nitrogen and oxygen atoms in total. The molecule has 96 valence electrons. The van der Waals surface area contributed by atoms with Gasteiger partial charge in [-0.3, -0.25) is 0 Å². The molecule has 0 aromatic heterocycles. The van der Waals surface area contributed by atoms with Gasteiger partial charge in [-0.05, 0) is 47.0 Å². The second kappa shape index (κ2) is 6.50. The van der Waals surface area contributed by atoms with Gasteiger partial charge in [-0.1, -0.05) is 32.3 Å². The van der Waals surface area contributed by atoms with Crippen molar-refractivity contribution in [1.82, 2.24) is 0 Å². The Bertz CT molecular complexity index is 363. The van der Waals surface area contributed by atoms with E-state index in [1.54, 1.807) is 12.1 Å². The van der Waals surface area contributed by atoms with Gasteiger partial charge in [0.15, 0.2) is 0 Å². The van der Waals surface area contributed by atoms with Gasteiger partial charge in [0.25, 0.3) is 0 Å². The molecule has 1 unspecified atom stereocenters. The average molecular weight is 303 g/mol. The maximum absolute atomic E-state index is 13.1. The Balaban J connectivity index is 2.59. The summed E-state index contributed by atoms with van der Waals surface area (Å²) in [6.07, 6.45) is 4.68. The molecule has 0 radical (unpaired) electrons. The summed E-state index contributed by atoms with van der Waals surface area (Å²) in [5, 5.41) is 10.2. The Morgan fingerprint density at radius 3 is 2.65 bits per heavy atom. The maximum Gasteiger partial charge on any atom is 0.137 e. The predicted octanol–water partition coefficient (Wildman–Crippen LogP) is 4.46. The van der Waals surface area contributed by atoms with Crippen molar-refractivity contribution in [3.05, 3.63) is 34.1 Å². The second-order valence-corrected chi connectivity index (χ2v) is 5.73. The molecule has 0 fully saturated rings. The van der Waals surface area contributed by atoms with Crippen LogP contribution in [0.3, 0.4) is 0 Å². The van der Waals surface area contributed by atoms with Crippen molar-refractivity contribution in [2.24, 2.45) is 0 Å². The van der Waals surface area contributed by atoms with Crippen molar-refractivity contribution < 1.29 is 9.50 Å². The molecule has 1 atom stereocenters. The Morgan fingerprint density at radius 2 is 2.06 bits per heavy atom. The van der Waals surface area contributed by atoms with E-state index in [4.69, 9.17) is 0 Å². The molecular formula is C14H20BrFO. The summed E-state index contributed by atoms with van der Waals surface area (Å²) in [5.74, 6) is -0.264. The normalized spacial score (nSPS) is 14.6. The first-order valence-electron chi connectivity index (χ1n) is 6.11. The summed E-state index contributed by atoms with van der Waals surface area (Å²) in [4.78, 5) is 0. The zero-order chi connectivity index (χ0) is 12.9. The summed E-state index contributed by atoms with van der Waals surface area (Å²) in [6, 6.07) is 4.90. The van der Waals surface area contributed by atoms with Gasteiger partial charge in [-0.25, -0.2) is 4.39 Å². The van der Waals surface area contributed by atoms with Gasteiger partial charge in [-0.15, -0.1) is 0 Å². The molecule has 3 heteroatoms. The molecule has 0 heterocycles. The summed E-state index contributed by atoms with van der Waals surface area (Å²) in [6.45, 7) is 3.99. The maximum atomic E-state index is 13.1. The molecule has 0 amide bonds. The van der Waals surface area contributed by atoms with Crippen LogP contribution in [0.15, 0.2) is 22.7 Å². The molecule has 0 saturated carbocycles. The first-order valence-corrected chi connectivity index (χ1v) is 6.90. The van der Waals surface area contributed by atoms with Crippen molar-refractivity contribution in [3.63, 3.8) is 0 Å². The van der Waals surface area contributed by atoms with Crippen LogP contribution in [-0.4, -0.2) is 10.7 Å². The van der Waals surface area contributed by atoms with Gasteiger partial charge < -0.3 is 5.11 Å². The molecule has 17 heavy (non-hydrogen) atoms. The molecule has 0 spiro atoms. The molecule has 0 bridgehead atoms. The van der Waals surface area contributed by atoms with Gasteiger partial charge in [0, 0.05) is 6.42 Å². The fourth-order valence-corrected chi connectivity index (χ4v) is 2.36. The monoisotopic (exact) mass is 302 g/mol. The lowest BCUT2D eigenvalue weighted by Gasteiger charge is -2.23. The Kier molecular flexibility index (Phi) is 5.60. The van der Waals surface area contributed by atoms with Gasteiger partial charge >= 0.3 is 0 Å². The minimum Gasteiger partial charge on any atom is -0.390 e. The second-order valence-electron chi connectivity index (χ2n) is 4.88. The Labute approximate surface area is 111 Å². The fraction of sp³-hybridized carbons (Fsp3) is 0.571. The highest BCUT2D eigenvalue weighted by Gasteiger charge is 2.20. The molecule has 1 rings (SSSR count). The minimum atomic E-state index is -0.702. The molecule has 0 saturated heterocycles. The standard InChI is InChI=1S/C14H20BrFO/c1-3-4-5-8-14(2,17)10-11-6-7-13(16)12(15)9-11/h6-7,9,17H,3-5,8,10H2,1-2H3. The van der Waals surface area contributed by atoms with Crippen molar-refractivity contribution in [2.75, 3.05) is 0 Å². The Morgan fingerprint density at radius 1 is 1.35 bits per heavy atom. The van der Waals surface area contributed by atoms with E-state index in [-0.39, 0.29) is 5.82 Å². The van der Waals surface area contributed by atoms with Gasteiger partial charge in [-0.2, -0.15) is 0 Å². The SMILES string of the molecule is CCCCCC(C)(O)Cc1ccc(F)c(Br)c1. The van der Waals surface area contributed by atoms with Crippen LogP contribution in [0.25, 0.3) is 0 Å². The lowest BCUT2D eigenvalue weighted by atomic mass is 9.91. The van der Waals surface area contributed by atoms with E-state index >= 15 is 0 Å². The molecule has 1 aromatic rings. The van der Waals surface area contributed by atoms with E-state index in [0.717, 1.165) is 31.2 Å². The average Bonchev–Trinajstić information content (AvgIpc) is 2.23. The van der Waals surface area contributed by atoms with E-state index in [2.05, 4.69) is 22.9 Å². The summed E-state index contributed by atoms with van der Waals surface area (Å²) in [5.41, 5.74) is 0.256. The highest BCUT2D eigenvalue weighted by atomic mass is 79.9. The van der Waals surface area contributed by atoms with E-state index in [1.165, 1.54) is 6.07 Å². The van der Waals surface area contributed by atoms with Crippen LogP contribution in [0.5, 0.6) is 0 Å². The lowest BCUT2D eigenvalue weighted by Crippen LogP contribution is -2.27.